The Kier molecular flexibility index (Phi) is 5.48. The second kappa shape index (κ2) is 7.21. The van der Waals surface area contributed by atoms with Gasteiger partial charge in [0.25, 0.3) is 0 Å². The molecule has 0 spiro atoms. The predicted octanol–water partition coefficient (Wildman–Crippen LogP) is 4.23. The maximum absolute atomic E-state index is 12.7. The third-order valence-corrected chi connectivity index (χ3v) is 4.22. The molecule has 2 rings (SSSR count). The summed E-state index contributed by atoms with van der Waals surface area (Å²) in [4.78, 5) is 19.0. The Bertz CT molecular complexity index is 775. The van der Waals surface area contributed by atoms with Crippen molar-refractivity contribution < 1.29 is 18.0 Å². The zero-order valence-corrected chi connectivity index (χ0v) is 14.4. The molecule has 1 aromatic heterocycles. The molecule has 0 aliphatic rings. The number of hydrogen-bond acceptors (Lipinski definition) is 2. The zero-order valence-electron chi connectivity index (χ0n) is 13.6. The second-order valence-electron chi connectivity index (χ2n) is 5.35. The number of hydrogen-bond donors (Lipinski definition) is 0. The first-order valence-electron chi connectivity index (χ1n) is 7.39. The van der Waals surface area contributed by atoms with Crippen LogP contribution in [0.3, 0.4) is 0 Å². The van der Waals surface area contributed by atoms with E-state index in [-0.39, 0.29) is 6.03 Å². The highest BCUT2D eigenvalue weighted by atomic mass is 32.1. The molecule has 0 fully saturated rings. The Hall–Kier alpha value is -2.09. The van der Waals surface area contributed by atoms with Gasteiger partial charge in [-0.2, -0.15) is 18.2 Å². The number of urea groups is 1. The summed E-state index contributed by atoms with van der Waals surface area (Å²) in [6.07, 6.45) is -1.81. The van der Waals surface area contributed by atoms with E-state index in [1.807, 2.05) is 13.8 Å². The molecule has 0 atom stereocenters. The number of rotatable bonds is 3. The standard InChI is InChI=1S/C16H18F3N3OS/c1-4-9-21(3)14(23)20-15-22(10-11(2)24-15)13-7-5-12(6-8-13)16(17,18)19/h5-8,10H,4,9H2,1-3H3. The number of nitrogens with zero attached hydrogens (tertiary/aromatic N) is 3. The minimum absolute atomic E-state index is 0.376. The number of aromatic nitrogens is 1. The minimum Gasteiger partial charge on any atom is -0.326 e. The molecule has 0 saturated heterocycles. The molecule has 8 heteroatoms. The van der Waals surface area contributed by atoms with E-state index in [4.69, 9.17) is 0 Å². The van der Waals surface area contributed by atoms with Crippen LogP contribution in [0.25, 0.3) is 5.69 Å². The lowest BCUT2D eigenvalue weighted by Crippen LogP contribution is -2.27. The molecule has 24 heavy (non-hydrogen) atoms. The number of aryl methyl sites for hydroxylation is 1. The third kappa shape index (κ3) is 4.25. The van der Waals surface area contributed by atoms with E-state index in [9.17, 15) is 18.0 Å². The quantitative estimate of drug-likeness (QED) is 0.810. The Morgan fingerprint density at radius 3 is 2.46 bits per heavy atom. The van der Waals surface area contributed by atoms with Crippen LogP contribution in [0.15, 0.2) is 35.5 Å². The highest BCUT2D eigenvalue weighted by Crippen LogP contribution is 2.29. The average Bonchev–Trinajstić information content (AvgIpc) is 2.87. The van der Waals surface area contributed by atoms with Gasteiger partial charge in [0.1, 0.15) is 0 Å². The molecule has 0 unspecified atom stereocenters. The number of alkyl halides is 3. The van der Waals surface area contributed by atoms with E-state index in [2.05, 4.69) is 4.99 Å². The van der Waals surface area contributed by atoms with Crippen LogP contribution in [-0.4, -0.2) is 29.1 Å². The van der Waals surface area contributed by atoms with Crippen molar-refractivity contribution >= 4 is 17.4 Å². The van der Waals surface area contributed by atoms with Gasteiger partial charge in [-0.05, 0) is 37.6 Å². The Morgan fingerprint density at radius 2 is 1.92 bits per heavy atom. The van der Waals surface area contributed by atoms with Gasteiger partial charge in [0.15, 0.2) is 4.80 Å². The molecular weight excluding hydrogens is 339 g/mol. The lowest BCUT2D eigenvalue weighted by atomic mass is 10.2. The molecule has 2 amide bonds. The van der Waals surface area contributed by atoms with Crippen molar-refractivity contribution in [2.45, 2.75) is 26.4 Å². The van der Waals surface area contributed by atoms with E-state index >= 15 is 0 Å². The van der Waals surface area contributed by atoms with Gasteiger partial charge in [-0.1, -0.05) is 6.92 Å². The summed E-state index contributed by atoms with van der Waals surface area (Å²) in [5, 5.41) is 0. The van der Waals surface area contributed by atoms with Crippen molar-refractivity contribution in [2.75, 3.05) is 13.6 Å². The van der Waals surface area contributed by atoms with Crippen LogP contribution in [0.4, 0.5) is 18.0 Å². The fraction of sp³-hybridized carbons (Fsp3) is 0.375. The van der Waals surface area contributed by atoms with E-state index in [0.29, 0.717) is 17.0 Å². The highest BCUT2D eigenvalue weighted by molar-refractivity contribution is 7.09. The zero-order chi connectivity index (χ0) is 17.9. The van der Waals surface area contributed by atoms with Crippen LogP contribution in [0.5, 0.6) is 0 Å². The molecular formula is C16H18F3N3OS. The van der Waals surface area contributed by atoms with Gasteiger partial charge in [0, 0.05) is 30.4 Å². The SMILES string of the molecule is CCCN(C)C(=O)N=c1sc(C)cn1-c1ccc(C(F)(F)F)cc1. The number of amides is 2. The molecule has 130 valence electrons. The Labute approximate surface area is 141 Å². The number of benzene rings is 1. The van der Waals surface area contributed by atoms with E-state index in [1.54, 1.807) is 17.8 Å². The maximum Gasteiger partial charge on any atom is 0.416 e. The fourth-order valence-corrected chi connectivity index (χ4v) is 2.95. The van der Waals surface area contributed by atoms with E-state index in [0.717, 1.165) is 23.4 Å². The van der Waals surface area contributed by atoms with Crippen molar-refractivity contribution in [1.29, 1.82) is 0 Å². The van der Waals surface area contributed by atoms with Crippen LogP contribution < -0.4 is 4.80 Å². The lowest BCUT2D eigenvalue weighted by molar-refractivity contribution is -0.137. The molecule has 0 radical (unpaired) electrons. The first-order valence-corrected chi connectivity index (χ1v) is 8.20. The van der Waals surface area contributed by atoms with Gasteiger partial charge in [-0.15, -0.1) is 11.3 Å². The van der Waals surface area contributed by atoms with Gasteiger partial charge in [-0.25, -0.2) is 4.79 Å². The first-order chi connectivity index (χ1) is 11.2. The average molecular weight is 357 g/mol. The molecule has 0 bridgehead atoms. The first kappa shape index (κ1) is 18.3. The molecule has 0 N–H and O–H groups in total. The van der Waals surface area contributed by atoms with Gasteiger partial charge in [0.05, 0.1) is 5.56 Å². The number of thiazole rings is 1. The van der Waals surface area contributed by atoms with Gasteiger partial charge in [-0.3, -0.25) is 4.57 Å². The van der Waals surface area contributed by atoms with Crippen LogP contribution in [0.1, 0.15) is 23.8 Å². The lowest BCUT2D eigenvalue weighted by Gasteiger charge is -2.12. The van der Waals surface area contributed by atoms with Crippen LogP contribution in [-0.2, 0) is 6.18 Å². The van der Waals surface area contributed by atoms with Crippen LogP contribution in [0.2, 0.25) is 0 Å². The van der Waals surface area contributed by atoms with Gasteiger partial charge >= 0.3 is 12.2 Å². The highest BCUT2D eigenvalue weighted by Gasteiger charge is 2.30. The predicted molar refractivity (Wildman–Crippen MR) is 87.3 cm³/mol. The molecule has 4 nitrogen and oxygen atoms in total. The minimum atomic E-state index is -4.38. The van der Waals surface area contributed by atoms with Crippen molar-refractivity contribution in [3.05, 3.63) is 45.7 Å². The van der Waals surface area contributed by atoms with Crippen molar-refractivity contribution in [3.63, 3.8) is 0 Å². The molecule has 1 aromatic carbocycles. The van der Waals surface area contributed by atoms with Gasteiger partial charge in [0.2, 0.25) is 0 Å². The second-order valence-corrected chi connectivity index (χ2v) is 6.57. The maximum atomic E-state index is 12.7. The summed E-state index contributed by atoms with van der Waals surface area (Å²) in [6, 6.07) is 4.40. The van der Waals surface area contributed by atoms with E-state index < -0.39 is 11.7 Å². The van der Waals surface area contributed by atoms with Crippen molar-refractivity contribution in [1.82, 2.24) is 9.47 Å². The molecule has 1 heterocycles. The van der Waals surface area contributed by atoms with E-state index in [1.165, 1.54) is 28.4 Å². The summed E-state index contributed by atoms with van der Waals surface area (Å²) in [5.41, 5.74) is -0.187. The number of halogens is 3. The number of carbonyl (C=O) groups excluding carboxylic acids is 1. The van der Waals surface area contributed by atoms with Crippen LogP contribution >= 0.6 is 11.3 Å². The molecule has 0 aliphatic heterocycles. The van der Waals surface area contributed by atoms with Crippen molar-refractivity contribution in [2.24, 2.45) is 4.99 Å². The largest absolute Gasteiger partial charge is 0.416 e. The summed E-state index contributed by atoms with van der Waals surface area (Å²) < 4.78 is 39.6. The summed E-state index contributed by atoms with van der Waals surface area (Å²) in [5.74, 6) is 0. The van der Waals surface area contributed by atoms with Crippen molar-refractivity contribution in [3.8, 4) is 5.69 Å². The van der Waals surface area contributed by atoms with Gasteiger partial charge < -0.3 is 4.90 Å². The molecule has 0 aliphatic carbocycles. The topological polar surface area (TPSA) is 37.6 Å². The normalized spacial score (nSPS) is 12.5. The smallest absolute Gasteiger partial charge is 0.326 e. The monoisotopic (exact) mass is 357 g/mol. The fourth-order valence-electron chi connectivity index (χ4n) is 2.13. The third-order valence-electron chi connectivity index (χ3n) is 3.32. The van der Waals surface area contributed by atoms with Crippen LogP contribution in [0, 0.1) is 6.92 Å². The number of carbonyl (C=O) groups is 1. The summed E-state index contributed by atoms with van der Waals surface area (Å²) >= 11 is 1.31. The Balaban J connectivity index is 2.40. The Morgan fingerprint density at radius 1 is 1.29 bits per heavy atom. The summed E-state index contributed by atoms with van der Waals surface area (Å²) in [6.45, 7) is 4.40. The molecule has 2 aromatic rings. The molecule has 0 saturated carbocycles. The summed E-state index contributed by atoms with van der Waals surface area (Å²) in [7, 11) is 1.66.